The van der Waals surface area contributed by atoms with Gasteiger partial charge in [0.2, 0.25) is 10.0 Å². The molecule has 170 valence electrons. The van der Waals surface area contributed by atoms with Crippen LogP contribution in [-0.2, 0) is 24.3 Å². The molecule has 0 N–H and O–H groups in total. The van der Waals surface area contributed by atoms with Gasteiger partial charge in [-0.25, -0.2) is 13.2 Å². The molecule has 1 saturated heterocycles. The molecule has 0 saturated carbocycles. The molecule has 10 heteroatoms. The van der Waals surface area contributed by atoms with Crippen LogP contribution in [0.4, 0.5) is 5.69 Å². The Labute approximate surface area is 191 Å². The van der Waals surface area contributed by atoms with Crippen LogP contribution in [0.15, 0.2) is 52.3 Å². The van der Waals surface area contributed by atoms with Crippen molar-refractivity contribution in [1.29, 1.82) is 0 Å². The Morgan fingerprint density at radius 2 is 1.84 bits per heavy atom. The largest absolute Gasteiger partial charge is 0.452 e. The van der Waals surface area contributed by atoms with Crippen LogP contribution >= 0.6 is 11.8 Å². The fourth-order valence-electron chi connectivity index (χ4n) is 3.65. The van der Waals surface area contributed by atoms with Crippen molar-refractivity contribution in [2.24, 2.45) is 0 Å². The Hall–Kier alpha value is -2.40. The molecule has 2 heterocycles. The predicted octanol–water partition coefficient (Wildman–Crippen LogP) is 2.31. The monoisotopic (exact) mass is 476 g/mol. The number of nitrogens with zero attached hydrogens (tertiary/aromatic N) is 2. The van der Waals surface area contributed by atoms with Crippen molar-refractivity contribution in [2.45, 2.75) is 16.7 Å². The van der Waals surface area contributed by atoms with Gasteiger partial charge in [-0.15, -0.1) is 11.8 Å². The fourth-order valence-corrected chi connectivity index (χ4v) is 6.30. The minimum absolute atomic E-state index is 0.0576. The molecule has 0 aromatic heterocycles. The summed E-state index contributed by atoms with van der Waals surface area (Å²) in [6.07, 6.45) is 0. The Balaban J connectivity index is 1.46. The second-order valence-electron chi connectivity index (χ2n) is 7.43. The van der Waals surface area contributed by atoms with E-state index in [1.165, 1.54) is 16.4 Å². The van der Waals surface area contributed by atoms with E-state index in [0.29, 0.717) is 25.3 Å². The third-order valence-electron chi connectivity index (χ3n) is 5.37. The van der Waals surface area contributed by atoms with E-state index in [-0.39, 0.29) is 29.5 Å². The van der Waals surface area contributed by atoms with Crippen LogP contribution in [0, 0.1) is 6.92 Å². The first-order valence-corrected chi connectivity index (χ1v) is 12.7. The summed E-state index contributed by atoms with van der Waals surface area (Å²) in [6, 6.07) is 12.0. The molecule has 32 heavy (non-hydrogen) atoms. The van der Waals surface area contributed by atoms with Gasteiger partial charge in [-0.3, -0.25) is 4.79 Å². The SMILES string of the molecule is Cc1ccc(C(=O)OCC(=O)N2CCSc3ccccc32)cc1S(=O)(=O)N1CCOCC1. The first kappa shape index (κ1) is 22.8. The average molecular weight is 477 g/mol. The highest BCUT2D eigenvalue weighted by Gasteiger charge is 2.29. The van der Waals surface area contributed by atoms with Crippen LogP contribution in [0.5, 0.6) is 0 Å². The third-order valence-corrected chi connectivity index (χ3v) is 8.45. The van der Waals surface area contributed by atoms with Gasteiger partial charge in [-0.2, -0.15) is 4.31 Å². The molecule has 0 bridgehead atoms. The van der Waals surface area contributed by atoms with Crippen molar-refractivity contribution in [3.05, 3.63) is 53.6 Å². The number of para-hydroxylation sites is 1. The van der Waals surface area contributed by atoms with E-state index in [4.69, 9.17) is 9.47 Å². The number of carbonyl (C=O) groups is 2. The molecular formula is C22H24N2O6S2. The highest BCUT2D eigenvalue weighted by Crippen LogP contribution is 2.34. The maximum absolute atomic E-state index is 13.0. The van der Waals surface area contributed by atoms with Crippen molar-refractivity contribution in [1.82, 2.24) is 4.31 Å². The summed E-state index contributed by atoms with van der Waals surface area (Å²) in [5, 5.41) is 0. The molecule has 0 aliphatic carbocycles. The van der Waals surface area contributed by atoms with E-state index in [1.807, 2.05) is 24.3 Å². The van der Waals surface area contributed by atoms with Crippen LogP contribution < -0.4 is 4.90 Å². The lowest BCUT2D eigenvalue weighted by molar-refractivity contribution is -0.121. The number of fused-ring (bicyclic) bond motifs is 1. The summed E-state index contributed by atoms with van der Waals surface area (Å²) < 4.78 is 37.9. The molecule has 2 aliphatic rings. The molecule has 1 fully saturated rings. The van der Waals surface area contributed by atoms with Crippen molar-refractivity contribution in [3.8, 4) is 0 Å². The Kier molecular flexibility index (Phi) is 6.85. The second kappa shape index (κ2) is 9.62. The summed E-state index contributed by atoms with van der Waals surface area (Å²) in [5.41, 5.74) is 1.43. The number of thioether (sulfide) groups is 1. The molecule has 1 amide bonds. The minimum atomic E-state index is -3.76. The maximum Gasteiger partial charge on any atom is 0.338 e. The lowest BCUT2D eigenvalue weighted by Gasteiger charge is -2.28. The summed E-state index contributed by atoms with van der Waals surface area (Å²) in [7, 11) is -3.76. The topological polar surface area (TPSA) is 93.2 Å². The zero-order valence-corrected chi connectivity index (χ0v) is 19.3. The van der Waals surface area contributed by atoms with Crippen molar-refractivity contribution in [3.63, 3.8) is 0 Å². The number of ether oxygens (including phenoxy) is 2. The highest BCUT2D eigenvalue weighted by molar-refractivity contribution is 7.99. The van der Waals surface area contributed by atoms with Gasteiger partial charge in [-0.05, 0) is 36.8 Å². The van der Waals surface area contributed by atoms with Gasteiger partial charge in [0.15, 0.2) is 6.61 Å². The number of benzene rings is 2. The van der Waals surface area contributed by atoms with E-state index in [2.05, 4.69) is 0 Å². The van der Waals surface area contributed by atoms with Crippen LogP contribution in [0.3, 0.4) is 0 Å². The third kappa shape index (κ3) is 4.68. The summed E-state index contributed by atoms with van der Waals surface area (Å²) in [5.74, 6) is -0.298. The zero-order valence-electron chi connectivity index (χ0n) is 17.7. The number of morpholine rings is 1. The van der Waals surface area contributed by atoms with Gasteiger partial charge in [0.25, 0.3) is 5.91 Å². The minimum Gasteiger partial charge on any atom is -0.452 e. The van der Waals surface area contributed by atoms with E-state index in [9.17, 15) is 18.0 Å². The van der Waals surface area contributed by atoms with Gasteiger partial charge in [0.1, 0.15) is 0 Å². The summed E-state index contributed by atoms with van der Waals surface area (Å²) in [4.78, 5) is 28.0. The number of esters is 1. The number of anilines is 1. The number of rotatable bonds is 5. The van der Waals surface area contributed by atoms with E-state index >= 15 is 0 Å². The molecule has 0 spiro atoms. The molecule has 2 aromatic rings. The standard InChI is InChI=1S/C22H24N2O6S2/c1-16-6-7-17(14-20(16)32(27,28)23-8-11-29-12-9-23)22(26)30-15-21(25)24-10-13-31-19-5-3-2-4-18(19)24/h2-7,14H,8-13,15H2,1H3. The Morgan fingerprint density at radius 1 is 1.09 bits per heavy atom. The Morgan fingerprint density at radius 3 is 2.62 bits per heavy atom. The number of sulfonamides is 1. The molecule has 0 radical (unpaired) electrons. The lowest BCUT2D eigenvalue weighted by Crippen LogP contribution is -2.40. The average Bonchev–Trinajstić information content (AvgIpc) is 2.82. The van der Waals surface area contributed by atoms with Gasteiger partial charge in [0, 0.05) is 30.3 Å². The van der Waals surface area contributed by atoms with Crippen molar-refractivity contribution in [2.75, 3.05) is 50.1 Å². The van der Waals surface area contributed by atoms with Crippen molar-refractivity contribution < 1.29 is 27.5 Å². The van der Waals surface area contributed by atoms with Crippen LogP contribution in [0.1, 0.15) is 15.9 Å². The molecular weight excluding hydrogens is 452 g/mol. The fraction of sp³-hybridized carbons (Fsp3) is 0.364. The highest BCUT2D eigenvalue weighted by atomic mass is 32.2. The number of amides is 1. The number of carbonyl (C=O) groups excluding carboxylic acids is 2. The molecule has 2 aliphatic heterocycles. The number of hydrogen-bond donors (Lipinski definition) is 0. The van der Waals surface area contributed by atoms with Gasteiger partial charge >= 0.3 is 5.97 Å². The lowest BCUT2D eigenvalue weighted by atomic mass is 10.1. The molecule has 0 unspecified atom stereocenters. The normalized spacial score (nSPS) is 17.0. The van der Waals surface area contributed by atoms with Gasteiger partial charge in [-0.1, -0.05) is 18.2 Å². The van der Waals surface area contributed by atoms with Gasteiger partial charge in [0.05, 0.1) is 29.4 Å². The van der Waals surface area contributed by atoms with Crippen LogP contribution in [0.2, 0.25) is 0 Å². The van der Waals surface area contributed by atoms with E-state index < -0.39 is 22.6 Å². The second-order valence-corrected chi connectivity index (χ2v) is 10.5. The quantitative estimate of drug-likeness (QED) is 0.612. The van der Waals surface area contributed by atoms with Crippen molar-refractivity contribution >= 4 is 39.3 Å². The number of hydrogen-bond acceptors (Lipinski definition) is 7. The first-order chi connectivity index (χ1) is 15.4. The summed E-state index contributed by atoms with van der Waals surface area (Å²) in [6.45, 7) is 2.99. The Bertz CT molecular complexity index is 1130. The van der Waals surface area contributed by atoms with Gasteiger partial charge < -0.3 is 14.4 Å². The van der Waals surface area contributed by atoms with E-state index in [1.54, 1.807) is 29.7 Å². The number of aryl methyl sites for hydroxylation is 1. The van der Waals surface area contributed by atoms with E-state index in [0.717, 1.165) is 16.3 Å². The maximum atomic E-state index is 13.0. The molecule has 2 aromatic carbocycles. The van der Waals surface area contributed by atoms with Crippen LogP contribution in [0.25, 0.3) is 0 Å². The predicted molar refractivity (Wildman–Crippen MR) is 121 cm³/mol. The first-order valence-electron chi connectivity index (χ1n) is 10.3. The van der Waals surface area contributed by atoms with Crippen LogP contribution in [-0.4, -0.2) is 69.8 Å². The molecule has 0 atom stereocenters. The zero-order chi connectivity index (χ0) is 22.7. The smallest absolute Gasteiger partial charge is 0.338 e. The summed E-state index contributed by atoms with van der Waals surface area (Å²) >= 11 is 1.68. The molecule has 8 nitrogen and oxygen atoms in total. The molecule has 4 rings (SSSR count).